The van der Waals surface area contributed by atoms with Crippen LogP contribution in [0.15, 0.2) is 18.2 Å². The molecule has 128 valence electrons. The number of nitrogens with one attached hydrogen (secondary N) is 1. The summed E-state index contributed by atoms with van der Waals surface area (Å²) in [6, 6.07) is 7.85. The molecule has 1 atom stereocenters. The molecule has 23 heavy (non-hydrogen) atoms. The molecule has 2 heteroatoms. The maximum Gasteiger partial charge on any atom is 0.0579 e. The molecule has 1 aromatic heterocycles. The van der Waals surface area contributed by atoms with Gasteiger partial charge in [-0.1, -0.05) is 58.4 Å². The molecule has 0 radical (unpaired) electrons. The van der Waals surface area contributed by atoms with Crippen LogP contribution in [-0.2, 0) is 0 Å². The molecule has 1 aromatic rings. The smallest absolute Gasteiger partial charge is 0.0579 e. The van der Waals surface area contributed by atoms with Crippen LogP contribution in [-0.4, -0.2) is 11.0 Å². The van der Waals surface area contributed by atoms with Gasteiger partial charge in [-0.05, 0) is 49.7 Å². The van der Waals surface area contributed by atoms with E-state index in [-0.39, 0.29) is 0 Å². The molecule has 0 amide bonds. The summed E-state index contributed by atoms with van der Waals surface area (Å²) in [7, 11) is 0. The van der Waals surface area contributed by atoms with Gasteiger partial charge < -0.3 is 5.32 Å². The van der Waals surface area contributed by atoms with Crippen LogP contribution in [0.3, 0.4) is 0 Å². The first kappa shape index (κ1) is 17.0. The highest BCUT2D eigenvalue weighted by molar-refractivity contribution is 5.17. The Kier molecular flexibility index (Phi) is 6.10. The minimum atomic E-state index is 0.470. The molecule has 2 fully saturated rings. The third kappa shape index (κ3) is 4.56. The Morgan fingerprint density at radius 2 is 1.48 bits per heavy atom. The first-order valence-electron chi connectivity index (χ1n) is 9.97. The Morgan fingerprint density at radius 1 is 0.870 bits per heavy atom. The second-order valence-electron chi connectivity index (χ2n) is 8.02. The predicted octanol–water partition coefficient (Wildman–Crippen LogP) is 5.75. The van der Waals surface area contributed by atoms with E-state index in [2.05, 4.69) is 37.4 Å². The quantitative estimate of drug-likeness (QED) is 0.748. The van der Waals surface area contributed by atoms with Crippen LogP contribution in [0, 0.1) is 5.92 Å². The van der Waals surface area contributed by atoms with Gasteiger partial charge in [0.2, 0.25) is 0 Å². The summed E-state index contributed by atoms with van der Waals surface area (Å²) in [5, 5.41) is 4.05. The predicted molar refractivity (Wildman–Crippen MR) is 97.7 cm³/mol. The first-order valence-corrected chi connectivity index (χ1v) is 9.97. The summed E-state index contributed by atoms with van der Waals surface area (Å²) in [6.07, 6.45) is 13.9. The van der Waals surface area contributed by atoms with Gasteiger partial charge in [0, 0.05) is 11.7 Å². The minimum Gasteiger partial charge on any atom is -0.306 e. The SMILES string of the molecule is CC(C)c1cccc(C(NC2CCCCC2)C2CCCCC2)n1. The number of pyridine rings is 1. The van der Waals surface area contributed by atoms with E-state index in [0.717, 1.165) is 5.92 Å². The molecule has 1 N–H and O–H groups in total. The van der Waals surface area contributed by atoms with Crippen molar-refractivity contribution in [1.29, 1.82) is 0 Å². The fraction of sp³-hybridized carbons (Fsp3) is 0.762. The standard InChI is InChI=1S/C21H34N2/c1-16(2)19-14-9-15-20(23-19)21(17-10-5-3-6-11-17)22-18-12-7-4-8-13-18/h9,14-18,21-22H,3-8,10-13H2,1-2H3. The summed E-state index contributed by atoms with van der Waals surface area (Å²) >= 11 is 0. The van der Waals surface area contributed by atoms with E-state index >= 15 is 0 Å². The summed E-state index contributed by atoms with van der Waals surface area (Å²) < 4.78 is 0. The maximum atomic E-state index is 5.05. The molecule has 1 heterocycles. The highest BCUT2D eigenvalue weighted by atomic mass is 15.0. The summed E-state index contributed by atoms with van der Waals surface area (Å²) in [6.45, 7) is 4.49. The zero-order valence-electron chi connectivity index (χ0n) is 15.1. The van der Waals surface area contributed by atoms with Gasteiger partial charge >= 0.3 is 0 Å². The van der Waals surface area contributed by atoms with Crippen LogP contribution in [0.1, 0.15) is 101 Å². The van der Waals surface area contributed by atoms with Gasteiger partial charge in [-0.2, -0.15) is 0 Å². The van der Waals surface area contributed by atoms with Crippen LogP contribution < -0.4 is 5.32 Å². The van der Waals surface area contributed by atoms with Crippen LogP contribution in [0.4, 0.5) is 0 Å². The first-order chi connectivity index (χ1) is 11.2. The molecule has 1 unspecified atom stereocenters. The zero-order valence-corrected chi connectivity index (χ0v) is 15.1. The lowest BCUT2D eigenvalue weighted by Gasteiger charge is -2.35. The average Bonchev–Trinajstić information content (AvgIpc) is 2.61. The third-order valence-corrected chi connectivity index (χ3v) is 5.84. The van der Waals surface area contributed by atoms with Crippen molar-refractivity contribution in [3.8, 4) is 0 Å². The van der Waals surface area contributed by atoms with Gasteiger partial charge in [-0.3, -0.25) is 4.98 Å². The molecular weight excluding hydrogens is 280 g/mol. The Labute approximate surface area is 142 Å². The minimum absolute atomic E-state index is 0.470. The molecule has 0 saturated heterocycles. The lowest BCUT2D eigenvalue weighted by molar-refractivity contribution is 0.230. The highest BCUT2D eigenvalue weighted by Gasteiger charge is 2.28. The molecule has 0 aromatic carbocycles. The molecule has 0 aliphatic heterocycles. The van der Waals surface area contributed by atoms with E-state index < -0.39 is 0 Å². The molecule has 0 spiro atoms. The van der Waals surface area contributed by atoms with E-state index in [1.54, 1.807) is 0 Å². The van der Waals surface area contributed by atoms with E-state index in [4.69, 9.17) is 4.98 Å². The Morgan fingerprint density at radius 3 is 2.13 bits per heavy atom. The second-order valence-corrected chi connectivity index (χ2v) is 8.02. The van der Waals surface area contributed by atoms with Crippen molar-refractivity contribution >= 4 is 0 Å². The van der Waals surface area contributed by atoms with E-state index in [1.165, 1.54) is 75.6 Å². The molecule has 2 aliphatic carbocycles. The number of rotatable bonds is 5. The number of hydrogen-bond donors (Lipinski definition) is 1. The van der Waals surface area contributed by atoms with E-state index in [9.17, 15) is 0 Å². The molecular formula is C21H34N2. The van der Waals surface area contributed by atoms with Crippen molar-refractivity contribution in [2.45, 2.75) is 96.1 Å². The van der Waals surface area contributed by atoms with Crippen LogP contribution in [0.2, 0.25) is 0 Å². The topological polar surface area (TPSA) is 24.9 Å². The van der Waals surface area contributed by atoms with Gasteiger partial charge in [-0.15, -0.1) is 0 Å². The lowest BCUT2D eigenvalue weighted by atomic mass is 9.81. The third-order valence-electron chi connectivity index (χ3n) is 5.84. The second kappa shape index (κ2) is 8.28. The molecule has 2 aliphatic rings. The van der Waals surface area contributed by atoms with Gasteiger partial charge in [0.15, 0.2) is 0 Å². The van der Waals surface area contributed by atoms with Crippen LogP contribution in [0.5, 0.6) is 0 Å². The Bertz CT molecular complexity index is 470. The highest BCUT2D eigenvalue weighted by Crippen LogP contribution is 2.35. The number of nitrogens with zero attached hydrogens (tertiary/aromatic N) is 1. The van der Waals surface area contributed by atoms with Gasteiger partial charge in [0.1, 0.15) is 0 Å². The zero-order chi connectivity index (χ0) is 16.1. The molecule has 3 rings (SSSR count). The van der Waals surface area contributed by atoms with Crippen molar-refractivity contribution < 1.29 is 0 Å². The normalized spacial score (nSPS) is 22.4. The van der Waals surface area contributed by atoms with Crippen molar-refractivity contribution in [1.82, 2.24) is 10.3 Å². The Hall–Kier alpha value is -0.890. The van der Waals surface area contributed by atoms with Crippen molar-refractivity contribution in [3.05, 3.63) is 29.6 Å². The fourth-order valence-electron chi connectivity index (χ4n) is 4.42. The lowest BCUT2D eigenvalue weighted by Crippen LogP contribution is -2.39. The van der Waals surface area contributed by atoms with E-state index in [1.807, 2.05) is 0 Å². The molecule has 2 saturated carbocycles. The fourth-order valence-corrected chi connectivity index (χ4v) is 4.42. The van der Waals surface area contributed by atoms with Crippen LogP contribution >= 0.6 is 0 Å². The molecule has 0 bridgehead atoms. The Balaban J connectivity index is 1.79. The van der Waals surface area contributed by atoms with Crippen LogP contribution in [0.25, 0.3) is 0 Å². The monoisotopic (exact) mass is 314 g/mol. The largest absolute Gasteiger partial charge is 0.306 e. The van der Waals surface area contributed by atoms with E-state index in [0.29, 0.717) is 18.0 Å². The van der Waals surface area contributed by atoms with Crippen molar-refractivity contribution in [3.63, 3.8) is 0 Å². The number of hydrogen-bond acceptors (Lipinski definition) is 2. The number of aromatic nitrogens is 1. The summed E-state index contributed by atoms with van der Waals surface area (Å²) in [5.74, 6) is 1.29. The maximum absolute atomic E-state index is 5.05. The van der Waals surface area contributed by atoms with Gasteiger partial charge in [0.25, 0.3) is 0 Å². The summed E-state index contributed by atoms with van der Waals surface area (Å²) in [4.78, 5) is 5.05. The van der Waals surface area contributed by atoms with Crippen molar-refractivity contribution in [2.75, 3.05) is 0 Å². The average molecular weight is 315 g/mol. The van der Waals surface area contributed by atoms with Gasteiger partial charge in [0.05, 0.1) is 11.7 Å². The van der Waals surface area contributed by atoms with Gasteiger partial charge in [-0.25, -0.2) is 0 Å². The summed E-state index contributed by atoms with van der Waals surface area (Å²) in [5.41, 5.74) is 2.54. The molecule has 2 nitrogen and oxygen atoms in total. The van der Waals surface area contributed by atoms with Crippen molar-refractivity contribution in [2.24, 2.45) is 5.92 Å².